The van der Waals surface area contributed by atoms with Gasteiger partial charge in [-0.05, 0) is 42.1 Å². The molecule has 0 spiro atoms. The fourth-order valence-corrected chi connectivity index (χ4v) is 4.42. The molecule has 0 aliphatic heterocycles. The van der Waals surface area contributed by atoms with E-state index in [-0.39, 0.29) is 17.2 Å². The van der Waals surface area contributed by atoms with Crippen LogP contribution in [0.2, 0.25) is 0 Å². The van der Waals surface area contributed by atoms with Crippen molar-refractivity contribution < 1.29 is 9.53 Å². The number of thiophene rings is 1. The van der Waals surface area contributed by atoms with Crippen molar-refractivity contribution in [3.63, 3.8) is 0 Å². The summed E-state index contributed by atoms with van der Waals surface area (Å²) in [5.74, 6) is 0.974. The third kappa shape index (κ3) is 4.39. The van der Waals surface area contributed by atoms with E-state index in [9.17, 15) is 9.59 Å². The van der Waals surface area contributed by atoms with E-state index in [0.29, 0.717) is 26.8 Å². The van der Waals surface area contributed by atoms with Crippen LogP contribution in [0.4, 0.5) is 0 Å². The quantitative estimate of drug-likeness (QED) is 0.412. The van der Waals surface area contributed by atoms with Gasteiger partial charge in [-0.2, -0.15) is 0 Å². The lowest BCUT2D eigenvalue weighted by Gasteiger charge is -2.17. The summed E-state index contributed by atoms with van der Waals surface area (Å²) in [5, 5.41) is 2.37. The highest BCUT2D eigenvalue weighted by atomic mass is 32.2. The molecule has 0 unspecified atom stereocenters. The number of methoxy groups -OCH3 is 1. The van der Waals surface area contributed by atoms with Crippen molar-refractivity contribution in [2.45, 2.75) is 24.9 Å². The van der Waals surface area contributed by atoms with E-state index in [1.807, 2.05) is 30.6 Å². The summed E-state index contributed by atoms with van der Waals surface area (Å²) in [6, 6.07) is 9.08. The van der Waals surface area contributed by atoms with Crippen molar-refractivity contribution in [1.29, 1.82) is 0 Å². The van der Waals surface area contributed by atoms with Crippen molar-refractivity contribution in [2.24, 2.45) is 0 Å². The highest BCUT2D eigenvalue weighted by Crippen LogP contribution is 2.24. The van der Waals surface area contributed by atoms with E-state index in [0.717, 1.165) is 19.4 Å². The summed E-state index contributed by atoms with van der Waals surface area (Å²) in [7, 11) is 3.41. The van der Waals surface area contributed by atoms with Gasteiger partial charge in [0.1, 0.15) is 10.4 Å². The largest absolute Gasteiger partial charge is 0.497 e. The molecule has 0 bridgehead atoms. The van der Waals surface area contributed by atoms with E-state index in [1.54, 1.807) is 28.7 Å². The number of hydrogen-bond acceptors (Lipinski definition) is 6. The van der Waals surface area contributed by atoms with Crippen LogP contribution in [-0.2, 0) is 4.79 Å². The van der Waals surface area contributed by atoms with Crippen LogP contribution in [0.1, 0.15) is 19.8 Å². The molecule has 28 heavy (non-hydrogen) atoms. The van der Waals surface area contributed by atoms with Crippen LogP contribution in [-0.4, -0.2) is 46.8 Å². The lowest BCUT2D eigenvalue weighted by molar-refractivity contribution is -0.127. The number of rotatable bonds is 8. The molecule has 148 valence electrons. The molecule has 0 saturated carbocycles. The Labute approximate surface area is 172 Å². The van der Waals surface area contributed by atoms with Crippen LogP contribution in [0, 0.1) is 0 Å². The molecule has 0 aliphatic carbocycles. The maximum Gasteiger partial charge on any atom is 0.276 e. The lowest BCUT2D eigenvalue weighted by Crippen LogP contribution is -2.29. The van der Waals surface area contributed by atoms with Gasteiger partial charge in [0.2, 0.25) is 5.91 Å². The summed E-state index contributed by atoms with van der Waals surface area (Å²) in [5.41, 5.74) is 1.23. The Hall–Kier alpha value is -2.32. The molecule has 1 aromatic carbocycles. The van der Waals surface area contributed by atoms with Gasteiger partial charge in [0.15, 0.2) is 5.16 Å². The predicted molar refractivity (Wildman–Crippen MR) is 115 cm³/mol. The maximum absolute atomic E-state index is 13.1. The first-order valence-electron chi connectivity index (χ1n) is 9.06. The van der Waals surface area contributed by atoms with E-state index in [2.05, 4.69) is 11.9 Å². The van der Waals surface area contributed by atoms with Crippen molar-refractivity contribution in [2.75, 3.05) is 26.5 Å². The molecule has 0 radical (unpaired) electrons. The zero-order valence-corrected chi connectivity index (χ0v) is 17.8. The highest BCUT2D eigenvalue weighted by molar-refractivity contribution is 7.99. The van der Waals surface area contributed by atoms with Crippen LogP contribution in [0.15, 0.2) is 45.7 Å². The minimum Gasteiger partial charge on any atom is -0.497 e. The molecule has 0 N–H and O–H groups in total. The fraction of sp³-hybridized carbons (Fsp3) is 0.350. The topological polar surface area (TPSA) is 64.4 Å². The standard InChI is InChI=1S/C20H23N3O3S2/c1-4-5-11-22(2)17(24)13-28-20-21-16-10-12-27-18(16)19(25)23(20)14-6-8-15(26-3)9-7-14/h6-10,12H,4-5,11,13H2,1-3H3. The Morgan fingerprint density at radius 2 is 2.04 bits per heavy atom. The van der Waals surface area contributed by atoms with Crippen molar-refractivity contribution in [3.8, 4) is 11.4 Å². The number of carbonyl (C=O) groups excluding carboxylic acids is 1. The summed E-state index contributed by atoms with van der Waals surface area (Å²) >= 11 is 2.66. The number of nitrogens with zero attached hydrogens (tertiary/aromatic N) is 3. The first kappa shape index (κ1) is 20.4. The van der Waals surface area contributed by atoms with Crippen molar-refractivity contribution >= 4 is 39.2 Å². The third-order valence-electron chi connectivity index (χ3n) is 4.38. The Balaban J connectivity index is 1.94. The molecule has 6 nitrogen and oxygen atoms in total. The van der Waals surface area contributed by atoms with Gasteiger partial charge in [-0.1, -0.05) is 25.1 Å². The lowest BCUT2D eigenvalue weighted by atomic mass is 10.3. The molecule has 0 atom stereocenters. The summed E-state index contributed by atoms with van der Waals surface area (Å²) in [6.07, 6.45) is 2.01. The number of benzene rings is 1. The smallest absolute Gasteiger partial charge is 0.276 e. The summed E-state index contributed by atoms with van der Waals surface area (Å²) in [4.78, 5) is 31.9. The monoisotopic (exact) mass is 417 g/mol. The van der Waals surface area contributed by atoms with Crippen LogP contribution < -0.4 is 10.3 Å². The highest BCUT2D eigenvalue weighted by Gasteiger charge is 2.17. The number of amides is 1. The first-order valence-corrected chi connectivity index (χ1v) is 10.9. The summed E-state index contributed by atoms with van der Waals surface area (Å²) in [6.45, 7) is 2.83. The maximum atomic E-state index is 13.1. The minimum absolute atomic E-state index is 0.0272. The number of carbonyl (C=O) groups is 1. The third-order valence-corrected chi connectivity index (χ3v) is 6.19. The average molecular weight is 418 g/mol. The Morgan fingerprint density at radius 3 is 2.71 bits per heavy atom. The van der Waals surface area contributed by atoms with E-state index in [1.165, 1.54) is 23.1 Å². The van der Waals surface area contributed by atoms with E-state index in [4.69, 9.17) is 4.74 Å². The molecule has 1 amide bonds. The predicted octanol–water partition coefficient (Wildman–Crippen LogP) is 3.81. The molecule has 2 aromatic heterocycles. The number of thioether (sulfide) groups is 1. The molecular formula is C20H23N3O3S2. The Morgan fingerprint density at radius 1 is 1.29 bits per heavy atom. The van der Waals surface area contributed by atoms with Gasteiger partial charge in [-0.15, -0.1) is 11.3 Å². The summed E-state index contributed by atoms with van der Waals surface area (Å²) < 4.78 is 7.38. The van der Waals surface area contributed by atoms with Gasteiger partial charge in [0.05, 0.1) is 24.1 Å². The fourth-order valence-electron chi connectivity index (χ4n) is 2.70. The van der Waals surface area contributed by atoms with Crippen LogP contribution >= 0.6 is 23.1 Å². The molecule has 0 aliphatic rings. The number of hydrogen-bond donors (Lipinski definition) is 0. The molecule has 3 rings (SSSR count). The molecule has 8 heteroatoms. The Bertz CT molecular complexity index is 1010. The SMILES string of the molecule is CCCCN(C)C(=O)CSc1nc2ccsc2c(=O)n1-c1ccc(OC)cc1. The number of ether oxygens (including phenoxy) is 1. The second-order valence-electron chi connectivity index (χ2n) is 6.33. The van der Waals surface area contributed by atoms with Gasteiger partial charge in [0.25, 0.3) is 5.56 Å². The van der Waals surface area contributed by atoms with Crippen LogP contribution in [0.3, 0.4) is 0 Å². The molecule has 0 fully saturated rings. The zero-order chi connectivity index (χ0) is 20.1. The van der Waals surface area contributed by atoms with Gasteiger partial charge < -0.3 is 9.64 Å². The van der Waals surface area contributed by atoms with Gasteiger partial charge >= 0.3 is 0 Å². The molecule has 2 heterocycles. The minimum atomic E-state index is -0.126. The molecule has 3 aromatic rings. The molecular weight excluding hydrogens is 394 g/mol. The van der Waals surface area contributed by atoms with Gasteiger partial charge in [0, 0.05) is 13.6 Å². The zero-order valence-electron chi connectivity index (χ0n) is 16.2. The molecule has 0 saturated heterocycles. The van der Waals surface area contributed by atoms with Crippen molar-refractivity contribution in [1.82, 2.24) is 14.5 Å². The average Bonchev–Trinajstić information content (AvgIpc) is 3.19. The first-order chi connectivity index (χ1) is 13.5. The van der Waals surface area contributed by atoms with E-state index >= 15 is 0 Å². The van der Waals surface area contributed by atoms with Crippen molar-refractivity contribution in [3.05, 3.63) is 46.1 Å². The second kappa shape index (κ2) is 9.25. The van der Waals surface area contributed by atoms with Gasteiger partial charge in [-0.3, -0.25) is 14.2 Å². The normalized spacial score (nSPS) is 11.0. The Kier molecular flexibility index (Phi) is 6.74. The number of unbranched alkanes of at least 4 members (excludes halogenated alkanes) is 1. The number of aromatic nitrogens is 2. The van der Waals surface area contributed by atoms with E-state index < -0.39 is 0 Å². The van der Waals surface area contributed by atoms with Crippen LogP contribution in [0.5, 0.6) is 5.75 Å². The second-order valence-corrected chi connectivity index (χ2v) is 8.18. The van der Waals surface area contributed by atoms with Gasteiger partial charge in [-0.25, -0.2) is 4.98 Å². The number of fused-ring (bicyclic) bond motifs is 1. The van der Waals surface area contributed by atoms with Crippen LogP contribution in [0.25, 0.3) is 15.9 Å².